The highest BCUT2D eigenvalue weighted by Crippen LogP contribution is 2.51. The fourth-order valence-corrected chi connectivity index (χ4v) is 8.40. The number of nitrogens with one attached hydrogen (secondary N) is 1. The number of carbonyl (C=O) groups excluding carboxylic acids is 1. The topological polar surface area (TPSA) is 57.8 Å². The summed E-state index contributed by atoms with van der Waals surface area (Å²) in [6, 6.07) is 11.8. The minimum absolute atomic E-state index is 0.0208. The third-order valence-electron chi connectivity index (χ3n) is 11.4. The molecule has 0 bridgehead atoms. The van der Waals surface area contributed by atoms with Gasteiger partial charge in [0.05, 0.1) is 25.3 Å². The molecule has 1 aromatic heterocycles. The van der Waals surface area contributed by atoms with E-state index in [0.717, 1.165) is 54.5 Å². The van der Waals surface area contributed by atoms with Crippen LogP contribution in [0, 0.1) is 5.92 Å². The average molecular weight is 656 g/mol. The number of benzene rings is 2. The zero-order chi connectivity index (χ0) is 33.1. The number of hydrogen-bond donors (Lipinski definition) is 1. The first-order valence-corrected chi connectivity index (χ1v) is 19.6. The predicted molar refractivity (Wildman–Crippen MR) is 177 cm³/mol. The zero-order valence-electron chi connectivity index (χ0n) is 28.0. The number of aromatic nitrogens is 1. The summed E-state index contributed by atoms with van der Waals surface area (Å²) in [6.07, 6.45) is 0.111. The third-order valence-corrected chi connectivity index (χ3v) is 15.9. The second-order valence-corrected chi connectivity index (χ2v) is 20.0. The number of alkyl halides is 3. The molecule has 3 aromatic rings. The maximum absolute atomic E-state index is 14.3. The van der Waals surface area contributed by atoms with Crippen molar-refractivity contribution in [3.63, 3.8) is 0 Å². The van der Waals surface area contributed by atoms with Crippen molar-refractivity contribution < 1.29 is 27.1 Å². The van der Waals surface area contributed by atoms with Crippen LogP contribution < -0.4 is 4.74 Å². The van der Waals surface area contributed by atoms with Gasteiger partial charge in [0.2, 0.25) is 5.91 Å². The first kappa shape index (κ1) is 33.1. The Labute approximate surface area is 271 Å². The molecular weight excluding hydrogens is 607 g/mol. The Morgan fingerprint density at radius 3 is 2.37 bits per heavy atom. The van der Waals surface area contributed by atoms with Gasteiger partial charge in [-0.15, -0.1) is 0 Å². The van der Waals surface area contributed by atoms with Crippen molar-refractivity contribution in [2.45, 2.75) is 95.2 Å². The standard InChI is InChI=1S/C36H48F3N3O3Si/c1-34(2,3)46(5,6)45-22-30-32-31(27-15-14-26(44-4)20-29(27)40-32)35(16-18-41(19-17-35)33(43)24-11-9-12-24)23-42(30)21-25-10-7-8-13-28(25)36(37,38)39/h7-8,10,13-15,20,24,30,40H,9,11-12,16-19,21-23H2,1-6H3. The number of carbonyl (C=O) groups is 1. The third kappa shape index (κ3) is 6.01. The molecule has 1 atom stereocenters. The fourth-order valence-electron chi connectivity index (χ4n) is 7.40. The summed E-state index contributed by atoms with van der Waals surface area (Å²) in [4.78, 5) is 21.2. The largest absolute Gasteiger partial charge is 0.497 e. The van der Waals surface area contributed by atoms with Crippen LogP contribution in [0.4, 0.5) is 13.2 Å². The van der Waals surface area contributed by atoms with Crippen molar-refractivity contribution in [2.24, 2.45) is 5.92 Å². The van der Waals surface area contributed by atoms with Gasteiger partial charge < -0.3 is 19.0 Å². The number of halogens is 3. The lowest BCUT2D eigenvalue weighted by Gasteiger charge is -2.51. The molecule has 1 unspecified atom stereocenters. The number of fused-ring (bicyclic) bond motifs is 4. The molecule has 46 heavy (non-hydrogen) atoms. The summed E-state index contributed by atoms with van der Waals surface area (Å²) in [5.41, 5.74) is 2.52. The van der Waals surface area contributed by atoms with Gasteiger partial charge in [-0.2, -0.15) is 13.2 Å². The van der Waals surface area contributed by atoms with E-state index >= 15 is 0 Å². The summed E-state index contributed by atoms with van der Waals surface area (Å²) in [6.45, 7) is 13.4. The fraction of sp³-hybridized carbons (Fsp3) is 0.583. The first-order chi connectivity index (χ1) is 21.6. The van der Waals surface area contributed by atoms with Crippen LogP contribution in [0.2, 0.25) is 18.1 Å². The van der Waals surface area contributed by atoms with Gasteiger partial charge in [-0.1, -0.05) is 45.4 Å². The molecule has 1 saturated heterocycles. The Morgan fingerprint density at radius 1 is 1.07 bits per heavy atom. The molecule has 250 valence electrons. The summed E-state index contributed by atoms with van der Waals surface area (Å²) in [7, 11) is -0.541. The van der Waals surface area contributed by atoms with Crippen LogP contribution in [0.25, 0.3) is 10.9 Å². The van der Waals surface area contributed by atoms with Gasteiger partial charge in [-0.3, -0.25) is 9.69 Å². The summed E-state index contributed by atoms with van der Waals surface area (Å²) in [5, 5.41) is 1.09. The number of ether oxygens (including phenoxy) is 1. The van der Waals surface area contributed by atoms with E-state index in [1.54, 1.807) is 19.2 Å². The Kier molecular flexibility index (Phi) is 8.64. The number of nitrogens with zero attached hydrogens (tertiary/aromatic N) is 2. The maximum Gasteiger partial charge on any atom is 0.416 e. The molecule has 1 amide bonds. The number of amides is 1. The molecule has 3 aliphatic rings. The SMILES string of the molecule is COc1ccc2c3c([nH]c2c1)C(CO[Si](C)(C)C(C)(C)C)N(Cc1ccccc1C(F)(F)F)CC31CCN(C(=O)C2CCC2)CC1. The average Bonchev–Trinajstić information content (AvgIpc) is 3.35. The highest BCUT2D eigenvalue weighted by molar-refractivity contribution is 6.74. The number of H-pyrrole nitrogens is 1. The maximum atomic E-state index is 14.3. The molecule has 6 rings (SSSR count). The van der Waals surface area contributed by atoms with Crippen LogP contribution in [0.3, 0.4) is 0 Å². The van der Waals surface area contributed by atoms with E-state index in [0.29, 0.717) is 26.2 Å². The van der Waals surface area contributed by atoms with Crippen LogP contribution >= 0.6 is 0 Å². The highest BCUT2D eigenvalue weighted by Gasteiger charge is 2.50. The number of aromatic amines is 1. The van der Waals surface area contributed by atoms with Gasteiger partial charge in [0.1, 0.15) is 5.75 Å². The molecule has 2 aliphatic heterocycles. The normalized spacial score (nSPS) is 21.0. The van der Waals surface area contributed by atoms with Crippen LogP contribution in [-0.4, -0.2) is 62.4 Å². The van der Waals surface area contributed by atoms with Gasteiger partial charge in [0.15, 0.2) is 8.32 Å². The Hall–Kier alpha value is -2.82. The molecule has 0 radical (unpaired) electrons. The minimum Gasteiger partial charge on any atom is -0.497 e. The number of rotatable bonds is 7. The second kappa shape index (κ2) is 12.0. The van der Waals surface area contributed by atoms with Gasteiger partial charge in [-0.05, 0) is 73.1 Å². The molecular formula is C36H48F3N3O3Si. The van der Waals surface area contributed by atoms with Crippen molar-refractivity contribution in [2.75, 3.05) is 33.4 Å². The summed E-state index contributed by atoms with van der Waals surface area (Å²) >= 11 is 0. The number of hydrogen-bond acceptors (Lipinski definition) is 4. The van der Waals surface area contributed by atoms with E-state index in [1.807, 2.05) is 17.0 Å². The molecule has 1 aliphatic carbocycles. The smallest absolute Gasteiger partial charge is 0.416 e. The number of likely N-dealkylation sites (tertiary alicyclic amines) is 1. The monoisotopic (exact) mass is 655 g/mol. The minimum atomic E-state index is -4.45. The van der Waals surface area contributed by atoms with Gasteiger partial charge in [-0.25, -0.2) is 0 Å². The lowest BCUT2D eigenvalue weighted by Crippen LogP contribution is -2.55. The Balaban J connectivity index is 1.45. The molecule has 1 spiro atoms. The molecule has 2 aromatic carbocycles. The highest BCUT2D eigenvalue weighted by atomic mass is 28.4. The lowest BCUT2D eigenvalue weighted by molar-refractivity contribution is -0.140. The van der Waals surface area contributed by atoms with Crippen LogP contribution in [0.5, 0.6) is 5.75 Å². The van der Waals surface area contributed by atoms with Gasteiger partial charge in [0, 0.05) is 60.2 Å². The van der Waals surface area contributed by atoms with E-state index in [9.17, 15) is 18.0 Å². The van der Waals surface area contributed by atoms with E-state index in [4.69, 9.17) is 9.16 Å². The predicted octanol–water partition coefficient (Wildman–Crippen LogP) is 8.43. The van der Waals surface area contributed by atoms with E-state index in [1.165, 1.54) is 17.7 Å². The second-order valence-electron chi connectivity index (χ2n) is 15.2. The zero-order valence-corrected chi connectivity index (χ0v) is 29.0. The van der Waals surface area contributed by atoms with Crippen molar-refractivity contribution in [3.05, 3.63) is 64.8 Å². The number of piperidine rings is 1. The Morgan fingerprint density at radius 2 is 1.76 bits per heavy atom. The molecule has 3 heterocycles. The molecule has 1 N–H and O–H groups in total. The molecule has 10 heteroatoms. The first-order valence-electron chi connectivity index (χ1n) is 16.7. The van der Waals surface area contributed by atoms with Crippen LogP contribution in [0.15, 0.2) is 42.5 Å². The van der Waals surface area contributed by atoms with Crippen molar-refractivity contribution in [3.8, 4) is 5.75 Å². The van der Waals surface area contributed by atoms with E-state index in [-0.39, 0.29) is 40.4 Å². The van der Waals surface area contributed by atoms with Gasteiger partial charge in [0.25, 0.3) is 0 Å². The summed E-state index contributed by atoms with van der Waals surface area (Å²) in [5.74, 6) is 1.15. The lowest BCUT2D eigenvalue weighted by atomic mass is 9.68. The van der Waals surface area contributed by atoms with Crippen molar-refractivity contribution in [1.29, 1.82) is 0 Å². The van der Waals surface area contributed by atoms with Crippen molar-refractivity contribution in [1.82, 2.24) is 14.8 Å². The van der Waals surface area contributed by atoms with Crippen molar-refractivity contribution >= 4 is 25.1 Å². The van der Waals surface area contributed by atoms with Crippen LogP contribution in [-0.2, 0) is 27.4 Å². The van der Waals surface area contributed by atoms with Gasteiger partial charge >= 0.3 is 6.18 Å². The Bertz CT molecular complexity index is 1580. The molecule has 2 fully saturated rings. The summed E-state index contributed by atoms with van der Waals surface area (Å²) < 4.78 is 55.2. The van der Waals surface area contributed by atoms with E-state index in [2.05, 4.69) is 49.8 Å². The quantitative estimate of drug-likeness (QED) is 0.260. The van der Waals surface area contributed by atoms with Crippen LogP contribution in [0.1, 0.15) is 81.3 Å². The molecule has 6 nitrogen and oxygen atoms in total. The van der Waals surface area contributed by atoms with E-state index < -0.39 is 20.1 Å². The molecule has 1 saturated carbocycles. The number of methoxy groups -OCH3 is 1.